The Labute approximate surface area is 141 Å². The molecule has 2 aromatic carbocycles. The van der Waals surface area contributed by atoms with Crippen LogP contribution in [0.15, 0.2) is 48.5 Å². The van der Waals surface area contributed by atoms with Crippen molar-refractivity contribution in [2.45, 2.75) is 13.5 Å². The number of aromatic nitrogens is 1. The summed E-state index contributed by atoms with van der Waals surface area (Å²) in [5.41, 5.74) is 4.49. The quantitative estimate of drug-likeness (QED) is 0.716. The fourth-order valence-corrected chi connectivity index (χ4v) is 3.16. The van der Waals surface area contributed by atoms with Gasteiger partial charge in [0.2, 0.25) is 5.88 Å². The zero-order valence-corrected chi connectivity index (χ0v) is 14.0. The molecule has 1 aliphatic heterocycles. The third-order valence-corrected chi connectivity index (χ3v) is 4.49. The minimum absolute atomic E-state index is 0.628. The minimum atomic E-state index is 0.628. The van der Waals surface area contributed by atoms with Crippen molar-refractivity contribution < 1.29 is 9.47 Å². The van der Waals surface area contributed by atoms with Crippen molar-refractivity contribution in [1.29, 1.82) is 0 Å². The molecule has 0 spiro atoms. The molecule has 0 aliphatic carbocycles. The minimum Gasteiger partial charge on any atom is -0.497 e. The van der Waals surface area contributed by atoms with E-state index in [2.05, 4.69) is 48.2 Å². The van der Waals surface area contributed by atoms with Gasteiger partial charge in [-0.3, -0.25) is 0 Å². The molecule has 122 valence electrons. The normalized spacial score (nSPS) is 14.0. The smallest absolute Gasteiger partial charge is 0.219 e. The van der Waals surface area contributed by atoms with E-state index in [-0.39, 0.29) is 0 Å². The van der Waals surface area contributed by atoms with Crippen LogP contribution in [0.1, 0.15) is 11.1 Å². The van der Waals surface area contributed by atoms with Crippen molar-refractivity contribution in [2.75, 3.05) is 25.2 Å². The number of ether oxygens (including phenoxy) is 2. The molecular formula is C20H20N2O2. The van der Waals surface area contributed by atoms with Gasteiger partial charge in [0, 0.05) is 23.2 Å². The third kappa shape index (κ3) is 2.64. The van der Waals surface area contributed by atoms with Crippen molar-refractivity contribution in [3.63, 3.8) is 0 Å². The second-order valence-electron chi connectivity index (χ2n) is 6.07. The summed E-state index contributed by atoms with van der Waals surface area (Å²) in [5.74, 6) is 1.63. The van der Waals surface area contributed by atoms with Crippen LogP contribution in [-0.4, -0.2) is 25.2 Å². The lowest BCUT2D eigenvalue weighted by molar-refractivity contribution is 0.320. The maximum Gasteiger partial charge on any atom is 0.219 e. The molecule has 0 saturated heterocycles. The van der Waals surface area contributed by atoms with Crippen molar-refractivity contribution in [3.05, 3.63) is 59.7 Å². The van der Waals surface area contributed by atoms with E-state index in [1.807, 2.05) is 12.1 Å². The molecule has 1 aromatic heterocycles. The Morgan fingerprint density at radius 3 is 2.75 bits per heavy atom. The van der Waals surface area contributed by atoms with Gasteiger partial charge in [0.05, 0.1) is 19.2 Å². The highest BCUT2D eigenvalue weighted by molar-refractivity contribution is 5.83. The summed E-state index contributed by atoms with van der Waals surface area (Å²) in [7, 11) is 1.68. The maximum atomic E-state index is 5.93. The number of nitrogens with zero attached hydrogens (tertiary/aromatic N) is 2. The van der Waals surface area contributed by atoms with Crippen LogP contribution in [0.5, 0.6) is 11.6 Å². The number of pyridine rings is 1. The molecule has 4 rings (SSSR count). The summed E-state index contributed by atoms with van der Waals surface area (Å²) in [4.78, 5) is 7.08. The van der Waals surface area contributed by atoms with Crippen molar-refractivity contribution in [1.82, 2.24) is 4.98 Å². The highest BCUT2D eigenvalue weighted by Crippen LogP contribution is 2.29. The van der Waals surface area contributed by atoms with Gasteiger partial charge in [-0.1, -0.05) is 18.2 Å². The average molecular weight is 320 g/mol. The first kappa shape index (κ1) is 14.8. The fraction of sp³-hybridized carbons (Fsp3) is 0.250. The van der Waals surface area contributed by atoms with Crippen molar-refractivity contribution in [2.24, 2.45) is 0 Å². The topological polar surface area (TPSA) is 34.6 Å². The SMILES string of the molecule is COc1ccc(N2CCOc3nc4c(C)cccc4cc3C2)cc1. The van der Waals surface area contributed by atoms with Gasteiger partial charge < -0.3 is 14.4 Å². The number of fused-ring (bicyclic) bond motifs is 2. The number of para-hydroxylation sites is 1. The molecule has 3 aromatic rings. The summed E-state index contributed by atoms with van der Waals surface area (Å²) in [6.07, 6.45) is 0. The summed E-state index contributed by atoms with van der Waals surface area (Å²) in [6.45, 7) is 4.34. The summed E-state index contributed by atoms with van der Waals surface area (Å²) < 4.78 is 11.2. The first-order chi connectivity index (χ1) is 11.7. The van der Waals surface area contributed by atoms with Crippen LogP contribution in [-0.2, 0) is 6.54 Å². The highest BCUT2D eigenvalue weighted by atomic mass is 16.5. The highest BCUT2D eigenvalue weighted by Gasteiger charge is 2.18. The molecule has 0 saturated carbocycles. The van der Waals surface area contributed by atoms with E-state index in [0.717, 1.165) is 46.9 Å². The van der Waals surface area contributed by atoms with Gasteiger partial charge in [-0.25, -0.2) is 4.98 Å². The zero-order chi connectivity index (χ0) is 16.5. The van der Waals surface area contributed by atoms with Gasteiger partial charge in [-0.05, 0) is 42.8 Å². The summed E-state index contributed by atoms with van der Waals surface area (Å²) >= 11 is 0. The van der Waals surface area contributed by atoms with Gasteiger partial charge in [-0.2, -0.15) is 0 Å². The number of hydrogen-bond donors (Lipinski definition) is 0. The lowest BCUT2D eigenvalue weighted by Gasteiger charge is -2.22. The Morgan fingerprint density at radius 2 is 1.96 bits per heavy atom. The molecule has 0 unspecified atom stereocenters. The Kier molecular flexibility index (Phi) is 3.73. The molecule has 24 heavy (non-hydrogen) atoms. The van der Waals surface area contributed by atoms with Crippen molar-refractivity contribution in [3.8, 4) is 11.6 Å². The third-order valence-electron chi connectivity index (χ3n) is 4.49. The zero-order valence-electron chi connectivity index (χ0n) is 14.0. The Balaban J connectivity index is 1.71. The van der Waals surface area contributed by atoms with Gasteiger partial charge >= 0.3 is 0 Å². The Morgan fingerprint density at radius 1 is 1.12 bits per heavy atom. The Hall–Kier alpha value is -2.75. The van der Waals surface area contributed by atoms with E-state index in [9.17, 15) is 0 Å². The Bertz CT molecular complexity index is 875. The molecule has 2 heterocycles. The van der Waals surface area contributed by atoms with E-state index in [1.54, 1.807) is 7.11 Å². The van der Waals surface area contributed by atoms with Crippen LogP contribution in [0.4, 0.5) is 5.69 Å². The van der Waals surface area contributed by atoms with E-state index in [1.165, 1.54) is 5.56 Å². The molecular weight excluding hydrogens is 300 g/mol. The molecule has 0 radical (unpaired) electrons. The maximum absolute atomic E-state index is 5.93. The van der Waals surface area contributed by atoms with Gasteiger partial charge in [0.1, 0.15) is 12.4 Å². The van der Waals surface area contributed by atoms with Crippen LogP contribution in [0.3, 0.4) is 0 Å². The van der Waals surface area contributed by atoms with Crippen molar-refractivity contribution >= 4 is 16.6 Å². The number of hydrogen-bond acceptors (Lipinski definition) is 4. The average Bonchev–Trinajstić information content (AvgIpc) is 2.82. The monoisotopic (exact) mass is 320 g/mol. The first-order valence-electron chi connectivity index (χ1n) is 8.15. The first-order valence-corrected chi connectivity index (χ1v) is 8.15. The molecule has 0 N–H and O–H groups in total. The molecule has 4 nitrogen and oxygen atoms in total. The second kappa shape index (κ2) is 6.04. The largest absolute Gasteiger partial charge is 0.497 e. The number of rotatable bonds is 2. The molecule has 1 aliphatic rings. The summed E-state index contributed by atoms with van der Waals surface area (Å²) in [5, 5.41) is 1.16. The number of methoxy groups -OCH3 is 1. The number of benzene rings is 2. The van der Waals surface area contributed by atoms with Crippen LogP contribution in [0, 0.1) is 6.92 Å². The van der Waals surface area contributed by atoms with Crippen LogP contribution >= 0.6 is 0 Å². The molecule has 0 amide bonds. The molecule has 0 atom stereocenters. The van der Waals surface area contributed by atoms with Crippen LogP contribution in [0.2, 0.25) is 0 Å². The molecule has 4 heteroatoms. The number of anilines is 1. The lowest BCUT2D eigenvalue weighted by Crippen LogP contribution is -2.25. The number of aryl methyl sites for hydroxylation is 1. The standard InChI is InChI=1S/C20H20N2O2/c1-14-4-3-5-15-12-16-13-22(10-11-24-20(16)21-19(14)15)17-6-8-18(23-2)9-7-17/h3-9,12H,10-11,13H2,1-2H3. The predicted molar refractivity (Wildman–Crippen MR) is 96.0 cm³/mol. The van der Waals surface area contributed by atoms with Gasteiger partial charge in [0.25, 0.3) is 0 Å². The molecule has 0 bridgehead atoms. The lowest BCUT2D eigenvalue weighted by atomic mass is 10.1. The summed E-state index contributed by atoms with van der Waals surface area (Å²) in [6, 6.07) is 16.6. The van der Waals surface area contributed by atoms with E-state index in [0.29, 0.717) is 6.61 Å². The van der Waals surface area contributed by atoms with E-state index < -0.39 is 0 Å². The van der Waals surface area contributed by atoms with Gasteiger partial charge in [-0.15, -0.1) is 0 Å². The second-order valence-corrected chi connectivity index (χ2v) is 6.07. The molecule has 0 fully saturated rings. The van der Waals surface area contributed by atoms with Gasteiger partial charge in [0.15, 0.2) is 0 Å². The predicted octanol–water partition coefficient (Wildman–Crippen LogP) is 3.95. The van der Waals surface area contributed by atoms with Crippen LogP contribution < -0.4 is 14.4 Å². The van der Waals surface area contributed by atoms with Crippen LogP contribution in [0.25, 0.3) is 10.9 Å². The van der Waals surface area contributed by atoms with E-state index in [4.69, 9.17) is 14.5 Å². The van der Waals surface area contributed by atoms with E-state index >= 15 is 0 Å². The fourth-order valence-electron chi connectivity index (χ4n) is 3.16.